The summed E-state index contributed by atoms with van der Waals surface area (Å²) in [6.07, 6.45) is 0.591. The first-order chi connectivity index (χ1) is 13.2. The van der Waals surface area contributed by atoms with Crippen LogP contribution in [0.2, 0.25) is 0 Å². The molecule has 0 fully saturated rings. The fourth-order valence-electron chi connectivity index (χ4n) is 2.47. The molecule has 27 heavy (non-hydrogen) atoms. The standard InChI is InChI=1S/C21H17FN2O3/c22-17-7-5-15(6-8-17)11-12-24-21(25)20-10-9-18(27-20)14-26-19-4-2-1-3-16(19)13-23/h1-10H,11-12,14H2,(H,24,25). The lowest BCUT2D eigenvalue weighted by molar-refractivity contribution is 0.0922. The number of ether oxygens (including phenoxy) is 1. The molecule has 0 spiro atoms. The summed E-state index contributed by atoms with van der Waals surface area (Å²) in [4.78, 5) is 12.1. The first-order valence-corrected chi connectivity index (χ1v) is 8.39. The van der Waals surface area contributed by atoms with Gasteiger partial charge in [-0.15, -0.1) is 0 Å². The van der Waals surface area contributed by atoms with E-state index in [9.17, 15) is 9.18 Å². The predicted molar refractivity (Wildman–Crippen MR) is 96.6 cm³/mol. The number of carbonyl (C=O) groups is 1. The second kappa shape index (κ2) is 8.68. The molecule has 0 saturated carbocycles. The number of carbonyl (C=O) groups excluding carboxylic acids is 1. The number of nitriles is 1. The maximum Gasteiger partial charge on any atom is 0.287 e. The summed E-state index contributed by atoms with van der Waals surface area (Å²) >= 11 is 0. The summed E-state index contributed by atoms with van der Waals surface area (Å²) < 4.78 is 23.9. The van der Waals surface area contributed by atoms with Crippen LogP contribution in [0.1, 0.15) is 27.4 Å². The molecule has 2 aromatic carbocycles. The predicted octanol–water partition coefficient (Wildman–Crippen LogP) is 3.84. The van der Waals surface area contributed by atoms with Crippen molar-refractivity contribution in [1.82, 2.24) is 5.32 Å². The first-order valence-electron chi connectivity index (χ1n) is 8.39. The molecule has 1 amide bonds. The highest BCUT2D eigenvalue weighted by Crippen LogP contribution is 2.19. The monoisotopic (exact) mass is 364 g/mol. The van der Waals surface area contributed by atoms with Gasteiger partial charge < -0.3 is 14.5 Å². The lowest BCUT2D eigenvalue weighted by atomic mass is 10.1. The minimum atomic E-state index is -0.333. The highest BCUT2D eigenvalue weighted by Gasteiger charge is 2.12. The fraction of sp³-hybridized carbons (Fsp3) is 0.143. The van der Waals surface area contributed by atoms with Crippen molar-refractivity contribution in [1.29, 1.82) is 5.26 Å². The van der Waals surface area contributed by atoms with Gasteiger partial charge in [-0.3, -0.25) is 4.79 Å². The summed E-state index contributed by atoms with van der Waals surface area (Å²) in [5, 5.41) is 11.8. The average molecular weight is 364 g/mol. The van der Waals surface area contributed by atoms with Crippen molar-refractivity contribution in [2.45, 2.75) is 13.0 Å². The van der Waals surface area contributed by atoms with E-state index in [2.05, 4.69) is 11.4 Å². The van der Waals surface area contributed by atoms with Crippen molar-refractivity contribution in [3.8, 4) is 11.8 Å². The van der Waals surface area contributed by atoms with Crippen LogP contribution in [0.5, 0.6) is 5.75 Å². The highest BCUT2D eigenvalue weighted by molar-refractivity contribution is 5.91. The minimum absolute atomic E-state index is 0.113. The minimum Gasteiger partial charge on any atom is -0.484 e. The number of hydrogen-bond acceptors (Lipinski definition) is 4. The molecule has 5 nitrogen and oxygen atoms in total. The molecule has 1 N–H and O–H groups in total. The molecule has 1 heterocycles. The Morgan fingerprint density at radius 2 is 1.89 bits per heavy atom. The van der Waals surface area contributed by atoms with Gasteiger partial charge in [0.2, 0.25) is 0 Å². The van der Waals surface area contributed by atoms with Crippen LogP contribution in [0.3, 0.4) is 0 Å². The van der Waals surface area contributed by atoms with Crippen LogP contribution in [0.25, 0.3) is 0 Å². The molecule has 0 bridgehead atoms. The van der Waals surface area contributed by atoms with Crippen molar-refractivity contribution in [3.63, 3.8) is 0 Å². The average Bonchev–Trinajstić information content (AvgIpc) is 3.17. The zero-order valence-corrected chi connectivity index (χ0v) is 14.4. The molecule has 0 saturated heterocycles. The van der Waals surface area contributed by atoms with Crippen LogP contribution in [-0.2, 0) is 13.0 Å². The van der Waals surface area contributed by atoms with Gasteiger partial charge in [0.05, 0.1) is 5.56 Å². The Bertz CT molecular complexity index is 958. The third-order valence-electron chi connectivity index (χ3n) is 3.88. The number of rotatable bonds is 7. The zero-order valence-electron chi connectivity index (χ0n) is 14.4. The number of amides is 1. The molecule has 6 heteroatoms. The lowest BCUT2D eigenvalue weighted by Gasteiger charge is -2.06. The summed E-state index contributed by atoms with van der Waals surface area (Å²) in [6.45, 7) is 0.522. The molecule has 0 unspecified atom stereocenters. The maximum absolute atomic E-state index is 12.9. The molecule has 1 aromatic heterocycles. The lowest BCUT2D eigenvalue weighted by Crippen LogP contribution is -2.25. The van der Waals surface area contributed by atoms with E-state index in [-0.39, 0.29) is 24.1 Å². The Morgan fingerprint density at radius 3 is 2.67 bits per heavy atom. The van der Waals surface area contributed by atoms with Crippen LogP contribution >= 0.6 is 0 Å². The number of benzene rings is 2. The topological polar surface area (TPSA) is 75.3 Å². The van der Waals surface area contributed by atoms with Crippen molar-refractivity contribution in [2.24, 2.45) is 0 Å². The van der Waals surface area contributed by atoms with E-state index in [1.54, 1.807) is 48.5 Å². The molecule has 3 rings (SSSR count). The number of para-hydroxylation sites is 1. The van der Waals surface area contributed by atoms with Crippen molar-refractivity contribution in [3.05, 3.63) is 89.1 Å². The van der Waals surface area contributed by atoms with Crippen LogP contribution in [0, 0.1) is 17.1 Å². The third-order valence-corrected chi connectivity index (χ3v) is 3.88. The maximum atomic E-state index is 12.9. The summed E-state index contributed by atoms with van der Waals surface area (Å²) in [6, 6.07) is 18.3. The van der Waals surface area contributed by atoms with Crippen molar-refractivity contribution >= 4 is 5.91 Å². The van der Waals surface area contributed by atoms with Crippen molar-refractivity contribution < 1.29 is 18.3 Å². The van der Waals surface area contributed by atoms with Crippen molar-refractivity contribution in [2.75, 3.05) is 6.54 Å². The quantitative estimate of drug-likeness (QED) is 0.691. The first kappa shape index (κ1) is 18.2. The van der Waals surface area contributed by atoms with Gasteiger partial charge in [0, 0.05) is 6.54 Å². The second-order valence-electron chi connectivity index (χ2n) is 5.79. The van der Waals surface area contributed by atoms with Crippen LogP contribution in [-0.4, -0.2) is 12.5 Å². The Morgan fingerprint density at radius 1 is 1.11 bits per heavy atom. The van der Waals surface area contributed by atoms with Gasteiger partial charge in [-0.05, 0) is 48.4 Å². The molecular weight excluding hydrogens is 347 g/mol. The molecule has 0 aliphatic carbocycles. The zero-order chi connectivity index (χ0) is 19.1. The van der Waals surface area contributed by atoms with Gasteiger partial charge >= 0.3 is 0 Å². The SMILES string of the molecule is N#Cc1ccccc1OCc1ccc(C(=O)NCCc2ccc(F)cc2)o1. The Hall–Kier alpha value is -3.59. The fourth-order valence-corrected chi connectivity index (χ4v) is 2.47. The second-order valence-corrected chi connectivity index (χ2v) is 5.79. The van der Waals surface area contributed by atoms with Crippen LogP contribution < -0.4 is 10.1 Å². The van der Waals surface area contributed by atoms with Crippen LogP contribution in [0.15, 0.2) is 65.1 Å². The van der Waals surface area contributed by atoms with Gasteiger partial charge in [-0.1, -0.05) is 24.3 Å². The molecule has 3 aromatic rings. The van der Waals surface area contributed by atoms with Gasteiger partial charge in [0.15, 0.2) is 5.76 Å². The van der Waals surface area contributed by atoms with Gasteiger partial charge in [0.25, 0.3) is 5.91 Å². The molecule has 0 atom stereocenters. The Labute approximate surface area is 156 Å². The molecule has 136 valence electrons. The van der Waals surface area contributed by atoms with Crippen LogP contribution in [0.4, 0.5) is 4.39 Å². The van der Waals surface area contributed by atoms with Gasteiger partial charge in [-0.2, -0.15) is 5.26 Å². The molecule has 0 aliphatic rings. The normalized spacial score (nSPS) is 10.2. The number of halogens is 1. The van der Waals surface area contributed by atoms with E-state index >= 15 is 0 Å². The van der Waals surface area contributed by atoms with Gasteiger partial charge in [0.1, 0.15) is 30.0 Å². The number of nitrogens with one attached hydrogen (secondary N) is 1. The molecular formula is C21H17FN2O3. The summed E-state index contributed by atoms with van der Waals surface area (Å²) in [7, 11) is 0. The molecule has 0 aliphatic heterocycles. The van der Waals surface area contributed by atoms with E-state index in [0.29, 0.717) is 30.0 Å². The largest absolute Gasteiger partial charge is 0.484 e. The number of hydrogen-bond donors (Lipinski definition) is 1. The number of nitrogens with zero attached hydrogens (tertiary/aromatic N) is 1. The van der Waals surface area contributed by atoms with Gasteiger partial charge in [-0.25, -0.2) is 4.39 Å². The van der Waals surface area contributed by atoms with E-state index in [4.69, 9.17) is 14.4 Å². The van der Waals surface area contributed by atoms with E-state index < -0.39 is 0 Å². The summed E-state index contributed by atoms with van der Waals surface area (Å²) in [5.74, 6) is 0.501. The highest BCUT2D eigenvalue weighted by atomic mass is 19.1. The summed E-state index contributed by atoms with van der Waals surface area (Å²) in [5.41, 5.74) is 1.37. The third kappa shape index (κ3) is 4.95. The number of furan rings is 1. The smallest absolute Gasteiger partial charge is 0.287 e. The van der Waals surface area contributed by atoms with E-state index in [0.717, 1.165) is 5.56 Å². The Balaban J connectivity index is 1.50. The Kier molecular flexibility index (Phi) is 5.85. The van der Waals surface area contributed by atoms with E-state index in [1.807, 2.05) is 0 Å². The molecule has 0 radical (unpaired) electrons. The van der Waals surface area contributed by atoms with E-state index in [1.165, 1.54) is 12.1 Å².